The van der Waals surface area contributed by atoms with Gasteiger partial charge in [-0.25, -0.2) is 0 Å². The number of aliphatic hydroxyl groups is 1. The van der Waals surface area contributed by atoms with E-state index in [2.05, 4.69) is 13.8 Å². The Morgan fingerprint density at radius 3 is 2.55 bits per heavy atom. The van der Waals surface area contributed by atoms with Gasteiger partial charge in [0.15, 0.2) is 0 Å². The van der Waals surface area contributed by atoms with Gasteiger partial charge in [-0.1, -0.05) is 19.9 Å². The topological polar surface area (TPSA) is 49.8 Å². The summed E-state index contributed by atoms with van der Waals surface area (Å²) in [4.78, 5) is 14.4. The van der Waals surface area contributed by atoms with Crippen molar-refractivity contribution < 1.29 is 14.6 Å². The molecule has 0 aromatic heterocycles. The van der Waals surface area contributed by atoms with Gasteiger partial charge in [-0.3, -0.25) is 4.79 Å². The predicted molar refractivity (Wildman–Crippen MR) is 78.2 cm³/mol. The number of methoxy groups -OCH3 is 1. The third-order valence-electron chi connectivity index (χ3n) is 3.87. The Labute approximate surface area is 120 Å². The van der Waals surface area contributed by atoms with Crippen molar-refractivity contribution in [3.63, 3.8) is 0 Å². The molecule has 110 valence electrons. The van der Waals surface area contributed by atoms with Gasteiger partial charge >= 0.3 is 0 Å². The molecule has 1 heterocycles. The number of carbonyl (C=O) groups excluding carboxylic acids is 1. The predicted octanol–water partition coefficient (Wildman–Crippen LogP) is 2.42. The van der Waals surface area contributed by atoms with Gasteiger partial charge in [-0.05, 0) is 36.5 Å². The molecule has 1 aromatic carbocycles. The fourth-order valence-electron chi connectivity index (χ4n) is 2.49. The van der Waals surface area contributed by atoms with Crippen molar-refractivity contribution in [2.75, 3.05) is 20.2 Å². The van der Waals surface area contributed by atoms with Gasteiger partial charge in [-0.2, -0.15) is 0 Å². The van der Waals surface area contributed by atoms with E-state index in [0.717, 1.165) is 5.56 Å². The normalized spacial score (nSPS) is 16.6. The molecule has 1 amide bonds. The van der Waals surface area contributed by atoms with Crippen molar-refractivity contribution >= 4 is 5.91 Å². The number of likely N-dealkylation sites (tertiary alicyclic amines) is 1. The highest BCUT2D eigenvalue weighted by Crippen LogP contribution is 2.26. The molecule has 1 aromatic rings. The average molecular weight is 277 g/mol. The third-order valence-corrected chi connectivity index (χ3v) is 3.87. The van der Waals surface area contributed by atoms with Crippen LogP contribution >= 0.6 is 0 Å². The summed E-state index contributed by atoms with van der Waals surface area (Å²) < 4.78 is 5.32. The minimum atomic E-state index is -0.275. The lowest BCUT2D eigenvalue weighted by Crippen LogP contribution is -2.40. The van der Waals surface area contributed by atoms with Gasteiger partial charge in [0.1, 0.15) is 5.75 Å². The second-order valence-electron chi connectivity index (χ2n) is 5.64. The Morgan fingerprint density at radius 2 is 2.00 bits per heavy atom. The van der Waals surface area contributed by atoms with Crippen LogP contribution in [0.25, 0.3) is 0 Å². The summed E-state index contributed by atoms with van der Waals surface area (Å²) in [5, 5.41) is 9.53. The van der Waals surface area contributed by atoms with Crippen molar-refractivity contribution in [2.24, 2.45) is 0 Å². The fourth-order valence-corrected chi connectivity index (χ4v) is 2.49. The van der Waals surface area contributed by atoms with Gasteiger partial charge < -0.3 is 14.7 Å². The lowest BCUT2D eigenvalue weighted by molar-refractivity contribution is 0.0544. The van der Waals surface area contributed by atoms with E-state index in [9.17, 15) is 9.90 Å². The van der Waals surface area contributed by atoms with Gasteiger partial charge in [0.05, 0.1) is 18.8 Å². The minimum Gasteiger partial charge on any atom is -0.496 e. The van der Waals surface area contributed by atoms with Crippen LogP contribution in [0.5, 0.6) is 5.75 Å². The number of benzene rings is 1. The van der Waals surface area contributed by atoms with Crippen molar-refractivity contribution in [3.8, 4) is 5.75 Å². The van der Waals surface area contributed by atoms with E-state index in [1.165, 1.54) is 0 Å². The molecule has 1 fully saturated rings. The molecule has 1 aliphatic rings. The van der Waals surface area contributed by atoms with Gasteiger partial charge in [0, 0.05) is 13.1 Å². The van der Waals surface area contributed by atoms with Crippen LogP contribution in [0.4, 0.5) is 0 Å². The Bertz CT molecular complexity index is 477. The largest absolute Gasteiger partial charge is 0.496 e. The minimum absolute atomic E-state index is 0.00347. The molecule has 0 radical (unpaired) electrons. The smallest absolute Gasteiger partial charge is 0.257 e. The summed E-state index contributed by atoms with van der Waals surface area (Å²) in [6.07, 6.45) is 1.03. The number of aliphatic hydroxyl groups excluding tert-OH is 1. The highest BCUT2D eigenvalue weighted by atomic mass is 16.5. The standard InChI is InChI=1S/C16H23NO3/c1-11(2)12-4-5-15(20-3)14(10-12)16(19)17-8-6-13(18)7-9-17/h4-5,10-11,13,18H,6-9H2,1-3H3. The van der Waals surface area contributed by atoms with E-state index in [4.69, 9.17) is 4.74 Å². The second kappa shape index (κ2) is 6.27. The van der Waals surface area contributed by atoms with E-state index in [1.807, 2.05) is 18.2 Å². The van der Waals surface area contributed by atoms with Crippen LogP contribution < -0.4 is 4.74 Å². The van der Waals surface area contributed by atoms with Crippen LogP contribution in [-0.2, 0) is 0 Å². The number of hydrogen-bond acceptors (Lipinski definition) is 3. The number of nitrogens with zero attached hydrogens (tertiary/aromatic N) is 1. The van der Waals surface area contributed by atoms with Crippen molar-refractivity contribution in [2.45, 2.75) is 38.7 Å². The average Bonchev–Trinajstić information content (AvgIpc) is 2.46. The zero-order chi connectivity index (χ0) is 14.7. The summed E-state index contributed by atoms with van der Waals surface area (Å²) in [5.41, 5.74) is 1.75. The molecule has 0 aliphatic carbocycles. The van der Waals surface area contributed by atoms with Crippen LogP contribution in [-0.4, -0.2) is 42.2 Å². The van der Waals surface area contributed by atoms with E-state index in [-0.39, 0.29) is 12.0 Å². The molecule has 0 unspecified atom stereocenters. The summed E-state index contributed by atoms with van der Waals surface area (Å²) in [6, 6.07) is 5.79. The first kappa shape index (κ1) is 14.9. The fraction of sp³-hybridized carbons (Fsp3) is 0.562. The molecule has 0 spiro atoms. The number of ether oxygens (including phenoxy) is 1. The second-order valence-corrected chi connectivity index (χ2v) is 5.64. The first-order valence-electron chi connectivity index (χ1n) is 7.18. The molecule has 0 atom stereocenters. The molecule has 1 aliphatic heterocycles. The lowest BCUT2D eigenvalue weighted by Gasteiger charge is -2.30. The van der Waals surface area contributed by atoms with Crippen molar-refractivity contribution in [1.82, 2.24) is 4.90 Å². The molecule has 20 heavy (non-hydrogen) atoms. The Morgan fingerprint density at radius 1 is 1.35 bits per heavy atom. The molecule has 4 nitrogen and oxygen atoms in total. The molecule has 0 bridgehead atoms. The lowest BCUT2D eigenvalue weighted by atomic mass is 9.99. The zero-order valence-electron chi connectivity index (χ0n) is 12.4. The Balaban J connectivity index is 2.25. The Kier molecular flexibility index (Phi) is 4.65. The monoisotopic (exact) mass is 277 g/mol. The number of carbonyl (C=O) groups is 1. The van der Waals surface area contributed by atoms with Gasteiger partial charge in [0.25, 0.3) is 5.91 Å². The summed E-state index contributed by atoms with van der Waals surface area (Å²) in [5.74, 6) is 0.984. The molecule has 4 heteroatoms. The highest BCUT2D eigenvalue weighted by molar-refractivity contribution is 5.97. The Hall–Kier alpha value is -1.55. The molecule has 1 N–H and O–H groups in total. The quantitative estimate of drug-likeness (QED) is 0.923. The van der Waals surface area contributed by atoms with Crippen molar-refractivity contribution in [3.05, 3.63) is 29.3 Å². The molecular weight excluding hydrogens is 254 g/mol. The number of rotatable bonds is 3. The SMILES string of the molecule is COc1ccc(C(C)C)cc1C(=O)N1CCC(O)CC1. The molecule has 0 saturated carbocycles. The van der Waals surface area contributed by atoms with Crippen LogP contribution in [0.15, 0.2) is 18.2 Å². The van der Waals surface area contributed by atoms with E-state index in [1.54, 1.807) is 12.0 Å². The maximum Gasteiger partial charge on any atom is 0.257 e. The zero-order valence-corrected chi connectivity index (χ0v) is 12.4. The van der Waals surface area contributed by atoms with Crippen molar-refractivity contribution in [1.29, 1.82) is 0 Å². The molecule has 2 rings (SSSR count). The summed E-state index contributed by atoms with van der Waals surface area (Å²) in [6.45, 7) is 5.42. The van der Waals surface area contributed by atoms with Crippen LogP contribution in [0.1, 0.15) is 48.5 Å². The third kappa shape index (κ3) is 3.12. The maximum absolute atomic E-state index is 12.6. The van der Waals surface area contributed by atoms with E-state index < -0.39 is 0 Å². The van der Waals surface area contributed by atoms with Crippen LogP contribution in [0.2, 0.25) is 0 Å². The van der Waals surface area contributed by atoms with Crippen LogP contribution in [0.3, 0.4) is 0 Å². The molecular formula is C16H23NO3. The van der Waals surface area contributed by atoms with E-state index in [0.29, 0.717) is 43.2 Å². The maximum atomic E-state index is 12.6. The number of amides is 1. The first-order valence-corrected chi connectivity index (χ1v) is 7.18. The molecule has 1 saturated heterocycles. The first-order chi connectivity index (χ1) is 9.52. The summed E-state index contributed by atoms with van der Waals surface area (Å²) in [7, 11) is 1.58. The number of hydrogen-bond donors (Lipinski definition) is 1. The number of piperidine rings is 1. The highest BCUT2D eigenvalue weighted by Gasteiger charge is 2.24. The van der Waals surface area contributed by atoms with E-state index >= 15 is 0 Å². The van der Waals surface area contributed by atoms with Gasteiger partial charge in [-0.15, -0.1) is 0 Å². The van der Waals surface area contributed by atoms with Crippen LogP contribution in [0, 0.1) is 0 Å². The summed E-state index contributed by atoms with van der Waals surface area (Å²) >= 11 is 0. The van der Waals surface area contributed by atoms with Gasteiger partial charge in [0.2, 0.25) is 0 Å².